The summed E-state index contributed by atoms with van der Waals surface area (Å²) in [4.78, 5) is 23.6. The number of carbonyl (C=O) groups is 2. The third kappa shape index (κ3) is 4.41. The molecule has 0 aliphatic heterocycles. The normalized spacial score (nSPS) is 10.6. The molecule has 0 saturated carbocycles. The number of amides is 2. The average molecular weight is 362 g/mol. The quantitative estimate of drug-likeness (QED) is 0.706. The van der Waals surface area contributed by atoms with Gasteiger partial charge in [-0.2, -0.15) is 5.10 Å². The van der Waals surface area contributed by atoms with Gasteiger partial charge in [0.25, 0.3) is 5.91 Å². The van der Waals surface area contributed by atoms with E-state index < -0.39 is 5.91 Å². The number of nitrogens with one attached hydrogen (secondary N) is 1. The number of aryl methyl sites for hydroxylation is 2. The molecule has 0 atom stereocenters. The van der Waals surface area contributed by atoms with Crippen LogP contribution >= 0.6 is 0 Å². The van der Waals surface area contributed by atoms with E-state index in [1.54, 1.807) is 10.9 Å². The number of primary amides is 1. The highest BCUT2D eigenvalue weighted by Gasteiger charge is 2.19. The number of carbonyl (C=O) groups excluding carboxylic acids is 2. The van der Waals surface area contributed by atoms with Crippen LogP contribution in [0.2, 0.25) is 0 Å². The van der Waals surface area contributed by atoms with Gasteiger partial charge >= 0.3 is 0 Å². The standard InChI is InChI=1S/C21H22N4O2/c1-14-8-9-17(10-15(14)2)20-18(21(27)23-11-19(22)26)13-25(24-20)12-16-6-4-3-5-7-16/h3-10,13H,11-12H2,1-2H3,(H2,22,26)(H,23,27). The number of aromatic nitrogens is 2. The van der Waals surface area contributed by atoms with Gasteiger partial charge in [0.05, 0.1) is 18.7 Å². The van der Waals surface area contributed by atoms with Crippen molar-refractivity contribution in [2.45, 2.75) is 20.4 Å². The van der Waals surface area contributed by atoms with Crippen LogP contribution < -0.4 is 11.1 Å². The molecule has 2 aromatic carbocycles. The predicted octanol–water partition coefficient (Wildman–Crippen LogP) is 2.43. The third-order valence-corrected chi connectivity index (χ3v) is 4.40. The van der Waals surface area contributed by atoms with Crippen molar-refractivity contribution in [3.63, 3.8) is 0 Å². The molecule has 1 aromatic heterocycles. The monoisotopic (exact) mass is 362 g/mol. The van der Waals surface area contributed by atoms with Crippen molar-refractivity contribution in [2.75, 3.05) is 6.54 Å². The molecule has 0 spiro atoms. The fourth-order valence-electron chi connectivity index (χ4n) is 2.80. The van der Waals surface area contributed by atoms with Crippen LogP contribution in [-0.2, 0) is 11.3 Å². The van der Waals surface area contributed by atoms with Crippen LogP contribution in [0, 0.1) is 13.8 Å². The van der Waals surface area contributed by atoms with Crippen molar-refractivity contribution in [1.29, 1.82) is 0 Å². The predicted molar refractivity (Wildman–Crippen MR) is 104 cm³/mol. The maximum atomic E-state index is 12.6. The number of nitrogens with two attached hydrogens (primary N) is 1. The minimum atomic E-state index is -0.590. The minimum Gasteiger partial charge on any atom is -0.368 e. The second-order valence-electron chi connectivity index (χ2n) is 6.52. The van der Waals surface area contributed by atoms with Gasteiger partial charge < -0.3 is 11.1 Å². The summed E-state index contributed by atoms with van der Waals surface area (Å²) < 4.78 is 1.74. The first kappa shape index (κ1) is 18.4. The summed E-state index contributed by atoms with van der Waals surface area (Å²) in [7, 11) is 0. The van der Waals surface area contributed by atoms with Crippen LogP contribution in [0.25, 0.3) is 11.3 Å². The molecule has 138 valence electrons. The molecule has 0 aliphatic carbocycles. The Morgan fingerprint density at radius 3 is 2.48 bits per heavy atom. The molecule has 0 aliphatic rings. The van der Waals surface area contributed by atoms with Crippen molar-refractivity contribution in [1.82, 2.24) is 15.1 Å². The SMILES string of the molecule is Cc1ccc(-c2nn(Cc3ccccc3)cc2C(=O)NCC(N)=O)cc1C. The Labute approximate surface area is 158 Å². The first-order chi connectivity index (χ1) is 12.9. The Morgan fingerprint density at radius 1 is 1.07 bits per heavy atom. The van der Waals surface area contributed by atoms with Gasteiger partial charge in [0.1, 0.15) is 5.69 Å². The number of nitrogens with zero attached hydrogens (tertiary/aromatic N) is 2. The van der Waals surface area contributed by atoms with E-state index >= 15 is 0 Å². The molecule has 6 nitrogen and oxygen atoms in total. The molecule has 0 unspecified atom stereocenters. The Balaban J connectivity index is 1.99. The lowest BCUT2D eigenvalue weighted by atomic mass is 10.0. The molecule has 6 heteroatoms. The van der Waals surface area contributed by atoms with E-state index in [2.05, 4.69) is 10.4 Å². The van der Waals surface area contributed by atoms with E-state index in [0.29, 0.717) is 17.8 Å². The fourth-order valence-corrected chi connectivity index (χ4v) is 2.80. The Bertz CT molecular complexity index is 977. The van der Waals surface area contributed by atoms with Gasteiger partial charge in [-0.05, 0) is 36.6 Å². The van der Waals surface area contributed by atoms with E-state index in [4.69, 9.17) is 5.73 Å². The summed E-state index contributed by atoms with van der Waals surface area (Å²) >= 11 is 0. The molecule has 0 radical (unpaired) electrons. The molecule has 0 bridgehead atoms. The summed E-state index contributed by atoms with van der Waals surface area (Å²) in [5.41, 5.74) is 10.4. The van der Waals surface area contributed by atoms with Crippen LogP contribution in [0.15, 0.2) is 54.7 Å². The maximum absolute atomic E-state index is 12.6. The number of hydrogen-bond donors (Lipinski definition) is 2. The van der Waals surface area contributed by atoms with Gasteiger partial charge in [-0.15, -0.1) is 0 Å². The smallest absolute Gasteiger partial charge is 0.255 e. The van der Waals surface area contributed by atoms with Crippen molar-refractivity contribution < 1.29 is 9.59 Å². The second kappa shape index (κ2) is 7.86. The molecule has 1 heterocycles. The average Bonchev–Trinajstić information content (AvgIpc) is 3.06. The largest absolute Gasteiger partial charge is 0.368 e. The number of hydrogen-bond acceptors (Lipinski definition) is 3. The molecular weight excluding hydrogens is 340 g/mol. The lowest BCUT2D eigenvalue weighted by Crippen LogP contribution is -2.33. The highest BCUT2D eigenvalue weighted by molar-refractivity contribution is 6.01. The molecule has 3 N–H and O–H groups in total. The van der Waals surface area contributed by atoms with Crippen LogP contribution in [0.5, 0.6) is 0 Å². The molecule has 0 fully saturated rings. The van der Waals surface area contributed by atoms with Gasteiger partial charge in [0.15, 0.2) is 0 Å². The Hall–Kier alpha value is -3.41. The van der Waals surface area contributed by atoms with Gasteiger partial charge in [0, 0.05) is 11.8 Å². The Kier molecular flexibility index (Phi) is 5.35. The van der Waals surface area contributed by atoms with Crippen molar-refractivity contribution in [2.24, 2.45) is 5.73 Å². The first-order valence-electron chi connectivity index (χ1n) is 8.69. The topological polar surface area (TPSA) is 90.0 Å². The zero-order valence-electron chi connectivity index (χ0n) is 15.4. The first-order valence-corrected chi connectivity index (χ1v) is 8.69. The fraction of sp³-hybridized carbons (Fsp3) is 0.190. The summed E-state index contributed by atoms with van der Waals surface area (Å²) in [6, 6.07) is 15.8. The van der Waals surface area contributed by atoms with Gasteiger partial charge in [0.2, 0.25) is 5.91 Å². The zero-order valence-corrected chi connectivity index (χ0v) is 15.4. The van der Waals surface area contributed by atoms with Crippen molar-refractivity contribution in [3.8, 4) is 11.3 Å². The van der Waals surface area contributed by atoms with Crippen LogP contribution in [-0.4, -0.2) is 28.1 Å². The maximum Gasteiger partial charge on any atom is 0.255 e. The Morgan fingerprint density at radius 2 is 1.81 bits per heavy atom. The second-order valence-corrected chi connectivity index (χ2v) is 6.52. The van der Waals surface area contributed by atoms with Gasteiger partial charge in [-0.25, -0.2) is 0 Å². The molecule has 0 saturated heterocycles. The minimum absolute atomic E-state index is 0.213. The van der Waals surface area contributed by atoms with E-state index in [1.165, 1.54) is 5.56 Å². The zero-order chi connectivity index (χ0) is 19.4. The number of rotatable bonds is 6. The summed E-state index contributed by atoms with van der Waals surface area (Å²) in [5.74, 6) is -0.964. The number of benzene rings is 2. The van der Waals surface area contributed by atoms with Crippen LogP contribution in [0.4, 0.5) is 0 Å². The third-order valence-electron chi connectivity index (χ3n) is 4.40. The molecular formula is C21H22N4O2. The van der Waals surface area contributed by atoms with E-state index in [0.717, 1.165) is 16.7 Å². The lowest BCUT2D eigenvalue weighted by Gasteiger charge is -2.06. The highest BCUT2D eigenvalue weighted by atomic mass is 16.2. The summed E-state index contributed by atoms with van der Waals surface area (Å²) in [6.07, 6.45) is 1.70. The summed E-state index contributed by atoms with van der Waals surface area (Å²) in [5, 5.41) is 7.18. The van der Waals surface area contributed by atoms with E-state index in [1.807, 2.05) is 62.4 Å². The lowest BCUT2D eigenvalue weighted by molar-refractivity contribution is -0.117. The van der Waals surface area contributed by atoms with E-state index in [9.17, 15) is 9.59 Å². The van der Waals surface area contributed by atoms with Gasteiger partial charge in [-0.1, -0.05) is 42.5 Å². The van der Waals surface area contributed by atoms with Crippen molar-refractivity contribution >= 4 is 11.8 Å². The molecule has 3 rings (SSSR count). The molecule has 3 aromatic rings. The highest BCUT2D eigenvalue weighted by Crippen LogP contribution is 2.25. The summed E-state index contributed by atoms with van der Waals surface area (Å²) in [6.45, 7) is 4.39. The van der Waals surface area contributed by atoms with Gasteiger partial charge in [-0.3, -0.25) is 14.3 Å². The van der Waals surface area contributed by atoms with Crippen molar-refractivity contribution in [3.05, 3.63) is 77.0 Å². The van der Waals surface area contributed by atoms with E-state index in [-0.39, 0.29) is 12.5 Å². The van der Waals surface area contributed by atoms with Crippen LogP contribution in [0.3, 0.4) is 0 Å². The molecule has 2 amide bonds. The van der Waals surface area contributed by atoms with Crippen LogP contribution in [0.1, 0.15) is 27.0 Å². The molecule has 27 heavy (non-hydrogen) atoms.